The van der Waals surface area contributed by atoms with Crippen LogP contribution in [-0.2, 0) is 9.63 Å². The van der Waals surface area contributed by atoms with Crippen LogP contribution in [-0.4, -0.2) is 31.1 Å². The lowest BCUT2D eigenvalue weighted by Gasteiger charge is -2.27. The molecule has 0 aromatic rings. The lowest BCUT2D eigenvalue weighted by molar-refractivity contribution is -0.119. The van der Waals surface area contributed by atoms with Crippen LogP contribution in [0.5, 0.6) is 0 Å². The number of amides is 1. The maximum atomic E-state index is 10.9. The van der Waals surface area contributed by atoms with Crippen molar-refractivity contribution in [2.45, 2.75) is 19.0 Å². The summed E-state index contributed by atoms with van der Waals surface area (Å²) in [6.45, 7) is 6.54. The molecule has 2 atom stereocenters. The third-order valence-electron chi connectivity index (χ3n) is 2.25. The predicted octanol–water partition coefficient (Wildman–Crippen LogP) is -0.534. The number of carbonyl (C=O) groups excluding carboxylic acids is 1. The molecule has 1 heterocycles. The van der Waals surface area contributed by atoms with Crippen molar-refractivity contribution in [1.29, 1.82) is 0 Å². The Hall–Kier alpha value is -1.17. The van der Waals surface area contributed by atoms with Crippen LogP contribution in [0.2, 0.25) is 0 Å². The van der Waals surface area contributed by atoms with E-state index in [9.17, 15) is 4.79 Å². The van der Waals surface area contributed by atoms with Gasteiger partial charge in [0.15, 0.2) is 0 Å². The van der Waals surface area contributed by atoms with Crippen LogP contribution in [0, 0.1) is 0 Å². The number of carbonyl (C=O) groups is 1. The van der Waals surface area contributed by atoms with Crippen molar-refractivity contribution in [3.8, 4) is 0 Å². The second-order valence-electron chi connectivity index (χ2n) is 3.47. The van der Waals surface area contributed by atoms with Gasteiger partial charge in [0.1, 0.15) is 6.04 Å². The number of primary amides is 1. The fraction of sp³-hybridized carbons (Fsp3) is 0.500. The topological polar surface area (TPSA) is 76.4 Å². The molecule has 4 N–H and O–H groups in total. The third-order valence-corrected chi connectivity index (χ3v) is 2.25. The van der Waals surface area contributed by atoms with E-state index in [1.165, 1.54) is 0 Å². The summed E-state index contributed by atoms with van der Waals surface area (Å²) in [5.41, 5.74) is 9.11. The van der Waals surface area contributed by atoms with Gasteiger partial charge in [-0.25, -0.2) is 0 Å². The number of hydroxylamine groups is 1. The lowest BCUT2D eigenvalue weighted by Crippen LogP contribution is -2.51. The number of hydrogen-bond donors (Lipinski definition) is 3. The van der Waals surface area contributed by atoms with Gasteiger partial charge in [-0.2, -0.15) is 5.48 Å². The van der Waals surface area contributed by atoms with Gasteiger partial charge >= 0.3 is 0 Å². The minimum atomic E-state index is -0.373. The molecule has 0 aliphatic carbocycles. The first-order valence-corrected chi connectivity index (χ1v) is 4.84. The molecular formula is C10H17N3O2. The van der Waals surface area contributed by atoms with Crippen LogP contribution < -0.4 is 16.5 Å². The third kappa shape index (κ3) is 3.47. The molecule has 1 rings (SSSR count). The summed E-state index contributed by atoms with van der Waals surface area (Å²) in [5, 5.41) is 3.01. The van der Waals surface area contributed by atoms with Gasteiger partial charge in [0.05, 0.1) is 12.6 Å². The Bertz CT molecular complexity index is 276. The number of rotatable bonds is 5. The zero-order valence-corrected chi connectivity index (χ0v) is 8.82. The Morgan fingerprint density at radius 2 is 2.67 bits per heavy atom. The fourth-order valence-corrected chi connectivity index (χ4v) is 1.37. The van der Waals surface area contributed by atoms with Gasteiger partial charge in [-0.3, -0.25) is 9.63 Å². The number of nitrogens with two attached hydrogens (primary N) is 1. The molecule has 0 fully saturated rings. The van der Waals surface area contributed by atoms with Crippen LogP contribution in [0.4, 0.5) is 0 Å². The molecule has 0 aromatic carbocycles. The van der Waals surface area contributed by atoms with E-state index < -0.39 is 0 Å². The Morgan fingerprint density at radius 1 is 1.93 bits per heavy atom. The molecule has 0 spiro atoms. The molecule has 1 aliphatic heterocycles. The van der Waals surface area contributed by atoms with E-state index in [4.69, 9.17) is 10.6 Å². The first kappa shape index (κ1) is 11.9. The summed E-state index contributed by atoms with van der Waals surface area (Å²) < 4.78 is 0. The second-order valence-corrected chi connectivity index (χ2v) is 3.47. The van der Waals surface area contributed by atoms with Crippen molar-refractivity contribution in [2.75, 3.05) is 13.2 Å². The van der Waals surface area contributed by atoms with E-state index in [1.54, 1.807) is 12.2 Å². The van der Waals surface area contributed by atoms with E-state index >= 15 is 0 Å². The first-order valence-electron chi connectivity index (χ1n) is 4.84. The molecule has 5 nitrogen and oxygen atoms in total. The smallest absolute Gasteiger partial charge is 0.238 e. The summed E-state index contributed by atoms with van der Waals surface area (Å²) >= 11 is 0. The quantitative estimate of drug-likeness (QED) is 0.324. The molecule has 15 heavy (non-hydrogen) atoms. The van der Waals surface area contributed by atoms with Gasteiger partial charge < -0.3 is 11.1 Å². The van der Waals surface area contributed by atoms with Gasteiger partial charge in [-0.1, -0.05) is 17.7 Å². The van der Waals surface area contributed by atoms with Crippen LogP contribution >= 0.6 is 0 Å². The summed E-state index contributed by atoms with van der Waals surface area (Å²) in [5.74, 6) is -0.361. The van der Waals surface area contributed by atoms with Crippen LogP contribution in [0.25, 0.3) is 0 Å². The molecule has 0 aromatic heterocycles. The van der Waals surface area contributed by atoms with Crippen molar-refractivity contribution in [1.82, 2.24) is 10.8 Å². The highest BCUT2D eigenvalue weighted by atomic mass is 16.6. The zero-order valence-electron chi connectivity index (χ0n) is 8.82. The van der Waals surface area contributed by atoms with E-state index in [0.29, 0.717) is 13.2 Å². The van der Waals surface area contributed by atoms with Gasteiger partial charge in [0.2, 0.25) is 5.91 Å². The van der Waals surface area contributed by atoms with Crippen molar-refractivity contribution < 1.29 is 9.63 Å². The van der Waals surface area contributed by atoms with Crippen molar-refractivity contribution in [2.24, 2.45) is 5.73 Å². The van der Waals surface area contributed by atoms with Gasteiger partial charge in [0, 0.05) is 6.54 Å². The van der Waals surface area contributed by atoms with Crippen molar-refractivity contribution in [3.63, 3.8) is 0 Å². The monoisotopic (exact) mass is 211 g/mol. The maximum absolute atomic E-state index is 10.9. The molecule has 0 radical (unpaired) electrons. The van der Waals surface area contributed by atoms with E-state index in [1.807, 2.05) is 6.92 Å². The Morgan fingerprint density at radius 3 is 3.20 bits per heavy atom. The molecule has 0 unspecified atom stereocenters. The molecule has 84 valence electrons. The highest BCUT2D eigenvalue weighted by molar-refractivity contribution is 5.82. The van der Waals surface area contributed by atoms with Crippen molar-refractivity contribution >= 4 is 5.91 Å². The van der Waals surface area contributed by atoms with Crippen LogP contribution in [0.1, 0.15) is 6.92 Å². The highest BCUT2D eigenvalue weighted by Gasteiger charge is 2.22. The Balaban J connectivity index is 2.46. The minimum Gasteiger partial charge on any atom is -0.368 e. The van der Waals surface area contributed by atoms with E-state index in [-0.39, 0.29) is 18.0 Å². The molecule has 0 bridgehead atoms. The van der Waals surface area contributed by atoms with Crippen LogP contribution in [0.3, 0.4) is 0 Å². The van der Waals surface area contributed by atoms with Gasteiger partial charge in [-0.05, 0) is 6.92 Å². The van der Waals surface area contributed by atoms with E-state index in [0.717, 1.165) is 5.57 Å². The standard InChI is InChI=1S/C10H17N3O2/c1-3-4-15-13-9-6-12-8(10(11)14)5-7(9)2/h3,5,8-9,12-13H,1,4,6H2,2H3,(H2,11,14)/t8-,9-/m0/s1. The normalized spacial score (nSPS) is 25.8. The summed E-state index contributed by atoms with van der Waals surface area (Å²) in [7, 11) is 0. The molecule has 5 heteroatoms. The SMILES string of the molecule is C=CCON[C@H]1CN[C@H](C(N)=O)C=C1C. The first-order chi connectivity index (χ1) is 7.15. The summed E-state index contributed by atoms with van der Waals surface area (Å²) in [6.07, 6.45) is 3.47. The molecule has 1 amide bonds. The Labute approximate surface area is 89.3 Å². The average Bonchev–Trinajstić information content (AvgIpc) is 2.20. The minimum absolute atomic E-state index is 0.0700. The summed E-state index contributed by atoms with van der Waals surface area (Å²) in [4.78, 5) is 16.0. The largest absolute Gasteiger partial charge is 0.368 e. The predicted molar refractivity (Wildman–Crippen MR) is 57.8 cm³/mol. The average molecular weight is 211 g/mol. The zero-order chi connectivity index (χ0) is 11.3. The maximum Gasteiger partial charge on any atom is 0.238 e. The van der Waals surface area contributed by atoms with Crippen LogP contribution in [0.15, 0.2) is 24.3 Å². The Kier molecular flexibility index (Phi) is 4.48. The number of hydrogen-bond acceptors (Lipinski definition) is 4. The lowest BCUT2D eigenvalue weighted by atomic mass is 10.0. The molecule has 0 saturated heterocycles. The van der Waals surface area contributed by atoms with E-state index in [2.05, 4.69) is 17.4 Å². The van der Waals surface area contributed by atoms with Gasteiger partial charge in [0.25, 0.3) is 0 Å². The van der Waals surface area contributed by atoms with Gasteiger partial charge in [-0.15, -0.1) is 6.58 Å². The highest BCUT2D eigenvalue weighted by Crippen LogP contribution is 2.08. The second kappa shape index (κ2) is 5.65. The fourth-order valence-electron chi connectivity index (χ4n) is 1.37. The molecule has 1 aliphatic rings. The van der Waals surface area contributed by atoms with Crippen molar-refractivity contribution in [3.05, 3.63) is 24.3 Å². The molecular weight excluding hydrogens is 194 g/mol. The number of nitrogens with one attached hydrogen (secondary N) is 2. The summed E-state index contributed by atoms with van der Waals surface area (Å²) in [6, 6.07) is -0.303. The molecule has 0 saturated carbocycles.